The third kappa shape index (κ3) is 4.89. The Kier molecular flexibility index (Phi) is 6.33. The van der Waals surface area contributed by atoms with Crippen molar-refractivity contribution in [3.8, 4) is 0 Å². The number of fused-ring (bicyclic) bond motifs is 1. The smallest absolute Gasteiger partial charge is 0.240 e. The molecule has 0 aliphatic heterocycles. The van der Waals surface area contributed by atoms with Crippen molar-refractivity contribution in [3.63, 3.8) is 0 Å². The Labute approximate surface area is 168 Å². The van der Waals surface area contributed by atoms with Crippen LogP contribution in [0.5, 0.6) is 0 Å². The van der Waals surface area contributed by atoms with Gasteiger partial charge in [-0.05, 0) is 37.8 Å². The fraction of sp³-hybridized carbons (Fsp3) is 0.350. The summed E-state index contributed by atoms with van der Waals surface area (Å²) in [7, 11) is 0. The summed E-state index contributed by atoms with van der Waals surface area (Å²) in [6.45, 7) is 4.02. The first-order valence-corrected chi connectivity index (χ1v) is 10.2. The van der Waals surface area contributed by atoms with Crippen LogP contribution in [0.2, 0.25) is 0 Å². The van der Waals surface area contributed by atoms with E-state index in [2.05, 4.69) is 15.5 Å². The zero-order valence-corrected chi connectivity index (χ0v) is 17.1. The number of carbonyl (C=O) groups is 1. The van der Waals surface area contributed by atoms with Gasteiger partial charge in [0.25, 0.3) is 0 Å². The molecule has 7 nitrogen and oxygen atoms in total. The zero-order chi connectivity index (χ0) is 20.1. The van der Waals surface area contributed by atoms with Gasteiger partial charge in [-0.3, -0.25) is 9.20 Å². The molecule has 1 amide bonds. The number of ether oxygens (including phenoxy) is 1. The predicted octanol–water partition coefficient (Wildman–Crippen LogP) is 2.56. The maximum atomic E-state index is 12.5. The average molecular weight is 400 g/mol. The summed E-state index contributed by atoms with van der Waals surface area (Å²) < 4.78 is 7.76. The van der Waals surface area contributed by atoms with E-state index in [-0.39, 0.29) is 12.5 Å². The van der Waals surface area contributed by atoms with Gasteiger partial charge in [0.05, 0.1) is 18.8 Å². The lowest BCUT2D eigenvalue weighted by atomic mass is 10.1. The zero-order valence-electron chi connectivity index (χ0n) is 16.3. The summed E-state index contributed by atoms with van der Waals surface area (Å²) in [6, 6.07) is 13.3. The molecule has 0 fully saturated rings. The Morgan fingerprint density at radius 1 is 1.25 bits per heavy atom. The minimum atomic E-state index is -1.01. The maximum Gasteiger partial charge on any atom is 0.240 e. The number of thioether (sulfide) groups is 1. The third-order valence-corrected chi connectivity index (χ3v) is 4.95. The van der Waals surface area contributed by atoms with Crippen LogP contribution in [0, 0.1) is 0 Å². The van der Waals surface area contributed by atoms with E-state index in [4.69, 9.17) is 10.5 Å². The van der Waals surface area contributed by atoms with Crippen molar-refractivity contribution in [1.29, 1.82) is 0 Å². The van der Waals surface area contributed by atoms with Gasteiger partial charge in [-0.2, -0.15) is 0 Å². The van der Waals surface area contributed by atoms with E-state index >= 15 is 0 Å². The number of benzene rings is 1. The number of hydrogen-bond donors (Lipinski definition) is 2. The van der Waals surface area contributed by atoms with Crippen molar-refractivity contribution in [3.05, 3.63) is 60.0 Å². The lowest BCUT2D eigenvalue weighted by Gasteiger charge is -2.23. The van der Waals surface area contributed by atoms with Crippen molar-refractivity contribution >= 4 is 23.3 Å². The Morgan fingerprint density at radius 3 is 2.68 bits per heavy atom. The number of aromatic nitrogens is 3. The highest BCUT2D eigenvalue weighted by Crippen LogP contribution is 2.20. The molecule has 2 aromatic heterocycles. The molecule has 0 saturated heterocycles. The van der Waals surface area contributed by atoms with Crippen molar-refractivity contribution in [2.45, 2.75) is 36.9 Å². The van der Waals surface area contributed by atoms with Gasteiger partial charge in [-0.25, -0.2) is 0 Å². The molecule has 1 atom stereocenters. The van der Waals surface area contributed by atoms with Crippen LogP contribution in [0.3, 0.4) is 0 Å². The van der Waals surface area contributed by atoms with Gasteiger partial charge >= 0.3 is 0 Å². The Hall–Kier alpha value is -2.42. The van der Waals surface area contributed by atoms with E-state index in [1.54, 1.807) is 25.6 Å². The number of pyridine rings is 1. The molecule has 0 spiro atoms. The van der Waals surface area contributed by atoms with Gasteiger partial charge in [0.15, 0.2) is 11.5 Å². The normalized spacial score (nSPS) is 12.9. The van der Waals surface area contributed by atoms with E-state index in [9.17, 15) is 4.79 Å². The van der Waals surface area contributed by atoms with Gasteiger partial charge in [0.2, 0.25) is 5.91 Å². The van der Waals surface area contributed by atoms with E-state index in [0.717, 1.165) is 10.5 Å². The monoisotopic (exact) mass is 399 g/mol. The highest BCUT2D eigenvalue weighted by molar-refractivity contribution is 7.98. The van der Waals surface area contributed by atoms with Gasteiger partial charge in [-0.1, -0.05) is 30.3 Å². The molecule has 0 unspecified atom stereocenters. The number of nitrogens with one attached hydrogen (secondary N) is 1. The fourth-order valence-electron chi connectivity index (χ4n) is 2.64. The Bertz CT molecular complexity index is 937. The molecule has 3 N–H and O–H groups in total. The summed E-state index contributed by atoms with van der Waals surface area (Å²) in [4.78, 5) is 13.6. The first-order chi connectivity index (χ1) is 13.4. The van der Waals surface area contributed by atoms with Gasteiger partial charge in [-0.15, -0.1) is 22.0 Å². The number of nitrogens with zero attached hydrogens (tertiary/aromatic N) is 3. The van der Waals surface area contributed by atoms with Gasteiger partial charge in [0.1, 0.15) is 6.04 Å². The predicted molar refractivity (Wildman–Crippen MR) is 110 cm³/mol. The average Bonchev–Trinajstić information content (AvgIpc) is 3.10. The molecule has 0 aliphatic rings. The molecule has 0 saturated carbocycles. The summed E-state index contributed by atoms with van der Waals surface area (Å²) in [6.07, 6.45) is 3.96. The largest absolute Gasteiger partial charge is 0.374 e. The molecule has 0 radical (unpaired) electrons. The lowest BCUT2D eigenvalue weighted by Crippen LogP contribution is -2.50. The Morgan fingerprint density at radius 2 is 2.00 bits per heavy atom. The standard InChI is InChI=1S/C20H25N5O2S/c1-20(2,21)19(26)22-16(13-27-12-14-7-5-4-6-8-14)18-24-23-17-10-9-15(28-3)11-25(17)18/h4-11,16H,12-13,21H2,1-3H3,(H,22,26)/t16-/m1/s1. The molecule has 2 heterocycles. The number of carbonyl (C=O) groups excluding carboxylic acids is 1. The molecule has 0 bridgehead atoms. The molecular formula is C20H25N5O2S. The molecule has 3 rings (SSSR count). The van der Waals surface area contributed by atoms with E-state index in [1.165, 1.54) is 0 Å². The third-order valence-electron chi connectivity index (χ3n) is 4.24. The van der Waals surface area contributed by atoms with Crippen LogP contribution in [-0.2, 0) is 16.1 Å². The number of hydrogen-bond acceptors (Lipinski definition) is 6. The van der Waals surface area contributed by atoms with Crippen LogP contribution in [0.15, 0.2) is 53.6 Å². The van der Waals surface area contributed by atoms with Crippen LogP contribution < -0.4 is 11.1 Å². The van der Waals surface area contributed by atoms with Crippen LogP contribution >= 0.6 is 11.8 Å². The second-order valence-electron chi connectivity index (χ2n) is 7.10. The number of rotatable bonds is 8. The minimum absolute atomic E-state index is 0.251. The second-order valence-corrected chi connectivity index (χ2v) is 7.98. The molecule has 0 aliphatic carbocycles. The number of amides is 1. The number of nitrogens with two attached hydrogens (primary N) is 1. The first-order valence-electron chi connectivity index (χ1n) is 8.98. The van der Waals surface area contributed by atoms with Crippen LogP contribution in [0.1, 0.15) is 31.3 Å². The summed E-state index contributed by atoms with van der Waals surface area (Å²) >= 11 is 1.63. The summed E-state index contributed by atoms with van der Waals surface area (Å²) in [5, 5.41) is 11.5. The topological polar surface area (TPSA) is 94.5 Å². The molecular weight excluding hydrogens is 374 g/mol. The minimum Gasteiger partial charge on any atom is -0.374 e. The molecule has 3 aromatic rings. The molecule has 148 valence electrons. The quantitative estimate of drug-likeness (QED) is 0.566. The van der Waals surface area contributed by atoms with Crippen LogP contribution in [0.25, 0.3) is 5.65 Å². The molecule has 8 heteroatoms. The SMILES string of the molecule is CSc1ccc2nnc([C@@H](COCc3ccccc3)NC(=O)C(C)(C)N)n2c1. The maximum absolute atomic E-state index is 12.5. The van der Waals surface area contributed by atoms with Crippen molar-refractivity contribution in [2.24, 2.45) is 5.73 Å². The fourth-order valence-corrected chi connectivity index (χ4v) is 3.06. The summed E-state index contributed by atoms with van der Waals surface area (Å²) in [5.74, 6) is 0.329. The second kappa shape index (κ2) is 8.72. The van der Waals surface area contributed by atoms with E-state index in [0.29, 0.717) is 18.1 Å². The molecule has 1 aromatic carbocycles. The summed E-state index contributed by atoms with van der Waals surface area (Å²) in [5.41, 5.74) is 6.72. The van der Waals surface area contributed by atoms with Crippen molar-refractivity contribution < 1.29 is 9.53 Å². The highest BCUT2D eigenvalue weighted by Gasteiger charge is 2.28. The molecule has 28 heavy (non-hydrogen) atoms. The Balaban J connectivity index is 1.84. The van der Waals surface area contributed by atoms with Crippen molar-refractivity contribution in [2.75, 3.05) is 12.9 Å². The first kappa shape index (κ1) is 20.3. The van der Waals surface area contributed by atoms with Crippen LogP contribution in [0.4, 0.5) is 0 Å². The lowest BCUT2D eigenvalue weighted by molar-refractivity contribution is -0.126. The van der Waals surface area contributed by atoms with Crippen molar-refractivity contribution in [1.82, 2.24) is 19.9 Å². The van der Waals surface area contributed by atoms with E-state index in [1.807, 2.05) is 59.3 Å². The van der Waals surface area contributed by atoms with Gasteiger partial charge in [0, 0.05) is 11.1 Å². The van der Waals surface area contributed by atoms with Gasteiger partial charge < -0.3 is 15.8 Å². The highest BCUT2D eigenvalue weighted by atomic mass is 32.2. The van der Waals surface area contributed by atoms with E-state index < -0.39 is 11.6 Å². The van der Waals surface area contributed by atoms with Crippen LogP contribution in [-0.4, -0.2) is 38.9 Å².